The molecule has 0 spiro atoms. The van der Waals surface area contributed by atoms with Crippen LogP contribution in [0.2, 0.25) is 0 Å². The molecular weight excluding hydrogens is 244 g/mol. The van der Waals surface area contributed by atoms with E-state index in [9.17, 15) is 4.79 Å². The first-order valence-corrected chi connectivity index (χ1v) is 6.43. The molecule has 0 aromatic carbocycles. The van der Waals surface area contributed by atoms with Crippen molar-refractivity contribution in [2.24, 2.45) is 11.7 Å². The zero-order chi connectivity index (χ0) is 13.8. The largest absolute Gasteiger partial charge is 0.396 e. The fourth-order valence-corrected chi connectivity index (χ4v) is 2.33. The number of anilines is 2. The summed E-state index contributed by atoms with van der Waals surface area (Å²) < 4.78 is 5.46. The van der Waals surface area contributed by atoms with Gasteiger partial charge in [-0.3, -0.25) is 4.79 Å². The van der Waals surface area contributed by atoms with Crippen molar-refractivity contribution in [3.63, 3.8) is 0 Å². The lowest BCUT2D eigenvalue weighted by atomic mass is 10.0. The fraction of sp³-hybridized carbons (Fsp3) is 0.538. The van der Waals surface area contributed by atoms with Crippen molar-refractivity contribution in [1.29, 1.82) is 0 Å². The molecule has 104 valence electrons. The number of primary amides is 1. The predicted molar refractivity (Wildman–Crippen MR) is 74.0 cm³/mol. The molecule has 0 aliphatic carbocycles. The van der Waals surface area contributed by atoms with Gasteiger partial charge in [0.2, 0.25) is 0 Å². The Labute approximate surface area is 112 Å². The first-order valence-electron chi connectivity index (χ1n) is 6.43. The van der Waals surface area contributed by atoms with Crippen molar-refractivity contribution in [2.45, 2.75) is 12.8 Å². The summed E-state index contributed by atoms with van der Waals surface area (Å²) in [5.74, 6) is 0.523. The van der Waals surface area contributed by atoms with Crippen molar-refractivity contribution in [3.05, 3.63) is 17.8 Å². The number of amides is 1. The van der Waals surface area contributed by atoms with E-state index < -0.39 is 5.91 Å². The maximum atomic E-state index is 11.2. The molecule has 2 rings (SSSR count). The van der Waals surface area contributed by atoms with Crippen molar-refractivity contribution < 1.29 is 9.53 Å². The third-order valence-corrected chi connectivity index (χ3v) is 3.31. The van der Waals surface area contributed by atoms with Gasteiger partial charge in [-0.2, -0.15) is 0 Å². The Kier molecular flexibility index (Phi) is 4.21. The van der Waals surface area contributed by atoms with E-state index in [4.69, 9.17) is 16.2 Å². The Bertz CT molecular complexity index is 458. The third-order valence-electron chi connectivity index (χ3n) is 3.31. The molecule has 1 atom stereocenters. The zero-order valence-electron chi connectivity index (χ0n) is 11.1. The lowest BCUT2D eigenvalue weighted by molar-refractivity contribution is 0.0576. The summed E-state index contributed by atoms with van der Waals surface area (Å²) in [7, 11) is 1.91. The number of rotatable bonds is 4. The van der Waals surface area contributed by atoms with Crippen molar-refractivity contribution in [2.75, 3.05) is 37.4 Å². The van der Waals surface area contributed by atoms with Crippen LogP contribution in [-0.2, 0) is 4.74 Å². The summed E-state index contributed by atoms with van der Waals surface area (Å²) in [6.45, 7) is 2.41. The van der Waals surface area contributed by atoms with E-state index in [2.05, 4.69) is 4.98 Å². The van der Waals surface area contributed by atoms with Crippen molar-refractivity contribution >= 4 is 17.4 Å². The molecule has 6 heteroatoms. The summed E-state index contributed by atoms with van der Waals surface area (Å²) in [6.07, 6.45) is 2.22. The minimum absolute atomic E-state index is 0.232. The second-order valence-electron chi connectivity index (χ2n) is 4.94. The fourth-order valence-electron chi connectivity index (χ4n) is 2.33. The van der Waals surface area contributed by atoms with E-state index in [0.717, 1.165) is 32.6 Å². The predicted octanol–water partition coefficient (Wildman–Crippen LogP) is 0.626. The molecule has 1 aliphatic heterocycles. The van der Waals surface area contributed by atoms with Crippen LogP contribution in [0.25, 0.3) is 0 Å². The number of nitrogen functional groups attached to an aromatic ring is 1. The molecule has 1 aromatic rings. The van der Waals surface area contributed by atoms with Crippen LogP contribution in [0.1, 0.15) is 23.3 Å². The highest BCUT2D eigenvalue weighted by molar-refractivity contribution is 5.91. The van der Waals surface area contributed by atoms with Gasteiger partial charge in [-0.15, -0.1) is 0 Å². The lowest BCUT2D eigenvalue weighted by Gasteiger charge is -2.28. The SMILES string of the molecule is CN(CC1CCCOC1)c1nc(C(N)=O)ccc1N. The van der Waals surface area contributed by atoms with Crippen LogP contribution < -0.4 is 16.4 Å². The van der Waals surface area contributed by atoms with Gasteiger partial charge in [0.1, 0.15) is 5.69 Å². The van der Waals surface area contributed by atoms with Gasteiger partial charge in [0.05, 0.1) is 12.3 Å². The van der Waals surface area contributed by atoms with Gasteiger partial charge < -0.3 is 21.1 Å². The first-order chi connectivity index (χ1) is 9.08. The first kappa shape index (κ1) is 13.6. The molecule has 1 amide bonds. The van der Waals surface area contributed by atoms with Crippen LogP contribution in [0.5, 0.6) is 0 Å². The van der Waals surface area contributed by atoms with Crippen LogP contribution >= 0.6 is 0 Å². The lowest BCUT2D eigenvalue weighted by Crippen LogP contribution is -2.32. The summed E-state index contributed by atoms with van der Waals surface area (Å²) in [6, 6.07) is 3.20. The highest BCUT2D eigenvalue weighted by Gasteiger charge is 2.18. The van der Waals surface area contributed by atoms with Crippen molar-refractivity contribution in [3.8, 4) is 0 Å². The number of carbonyl (C=O) groups is 1. The number of pyridine rings is 1. The Morgan fingerprint density at radius 3 is 3.00 bits per heavy atom. The van der Waals surface area contributed by atoms with Gasteiger partial charge in [-0.25, -0.2) is 4.98 Å². The monoisotopic (exact) mass is 264 g/mol. The van der Waals surface area contributed by atoms with Crippen LogP contribution in [-0.4, -0.2) is 37.7 Å². The van der Waals surface area contributed by atoms with E-state index in [0.29, 0.717) is 17.4 Å². The Balaban J connectivity index is 2.10. The normalized spacial score (nSPS) is 19.1. The zero-order valence-corrected chi connectivity index (χ0v) is 11.1. The quantitative estimate of drug-likeness (QED) is 0.831. The molecular formula is C13H20N4O2. The minimum atomic E-state index is -0.546. The number of ether oxygens (including phenoxy) is 1. The van der Waals surface area contributed by atoms with E-state index >= 15 is 0 Å². The maximum absolute atomic E-state index is 11.2. The number of aromatic nitrogens is 1. The summed E-state index contributed by atoms with van der Waals surface area (Å²) in [5.41, 5.74) is 11.9. The third kappa shape index (κ3) is 3.35. The average molecular weight is 264 g/mol. The number of hydrogen-bond donors (Lipinski definition) is 2. The van der Waals surface area contributed by atoms with Gasteiger partial charge in [0.15, 0.2) is 5.82 Å². The Hall–Kier alpha value is -1.82. The molecule has 1 fully saturated rings. The van der Waals surface area contributed by atoms with Gasteiger partial charge in [-0.1, -0.05) is 0 Å². The molecule has 0 radical (unpaired) electrons. The molecule has 1 unspecified atom stereocenters. The van der Waals surface area contributed by atoms with Gasteiger partial charge in [0.25, 0.3) is 5.91 Å². The topological polar surface area (TPSA) is 94.5 Å². The number of nitrogens with two attached hydrogens (primary N) is 2. The van der Waals surface area contributed by atoms with Crippen LogP contribution in [0.3, 0.4) is 0 Å². The van der Waals surface area contributed by atoms with Crippen molar-refractivity contribution in [1.82, 2.24) is 4.98 Å². The average Bonchev–Trinajstić information content (AvgIpc) is 2.40. The molecule has 1 aliphatic rings. The number of hydrogen-bond acceptors (Lipinski definition) is 5. The van der Waals surface area contributed by atoms with Crippen LogP contribution in [0.4, 0.5) is 11.5 Å². The summed E-state index contributed by atoms with van der Waals surface area (Å²) >= 11 is 0. The molecule has 1 aromatic heterocycles. The second kappa shape index (κ2) is 5.88. The number of carbonyl (C=O) groups excluding carboxylic acids is 1. The Morgan fingerprint density at radius 2 is 2.37 bits per heavy atom. The van der Waals surface area contributed by atoms with E-state index in [1.807, 2.05) is 11.9 Å². The minimum Gasteiger partial charge on any atom is -0.396 e. The standard InChI is InChI=1S/C13H20N4O2/c1-17(7-9-3-2-6-19-8-9)13-10(14)4-5-11(16-13)12(15)18/h4-5,9H,2-3,6-8,14H2,1H3,(H2,15,18). The number of nitrogens with zero attached hydrogens (tertiary/aromatic N) is 2. The van der Waals surface area contributed by atoms with Crippen LogP contribution in [0.15, 0.2) is 12.1 Å². The van der Waals surface area contributed by atoms with Gasteiger partial charge in [0, 0.05) is 20.2 Å². The highest BCUT2D eigenvalue weighted by atomic mass is 16.5. The molecule has 0 bridgehead atoms. The van der Waals surface area contributed by atoms with Crippen LogP contribution in [0, 0.1) is 5.92 Å². The molecule has 2 heterocycles. The van der Waals surface area contributed by atoms with E-state index in [1.54, 1.807) is 12.1 Å². The maximum Gasteiger partial charge on any atom is 0.267 e. The molecule has 4 N–H and O–H groups in total. The van der Waals surface area contributed by atoms with E-state index in [-0.39, 0.29) is 5.69 Å². The molecule has 19 heavy (non-hydrogen) atoms. The molecule has 1 saturated heterocycles. The summed E-state index contributed by atoms with van der Waals surface area (Å²) in [4.78, 5) is 17.3. The summed E-state index contributed by atoms with van der Waals surface area (Å²) in [5, 5.41) is 0. The molecule has 6 nitrogen and oxygen atoms in total. The van der Waals surface area contributed by atoms with Gasteiger partial charge in [-0.05, 0) is 30.9 Å². The molecule has 0 saturated carbocycles. The highest BCUT2D eigenvalue weighted by Crippen LogP contribution is 2.22. The van der Waals surface area contributed by atoms with Gasteiger partial charge >= 0.3 is 0 Å². The van der Waals surface area contributed by atoms with E-state index in [1.165, 1.54) is 0 Å². The smallest absolute Gasteiger partial charge is 0.267 e. The second-order valence-corrected chi connectivity index (χ2v) is 4.94. The Morgan fingerprint density at radius 1 is 1.58 bits per heavy atom.